The number of aryl methyl sites for hydroxylation is 3. The average molecular weight is 377 g/mol. The predicted molar refractivity (Wildman–Crippen MR) is 111 cm³/mol. The SMILES string of the molecule is COc1ccc(CCn2c3c(c4nc(C)cnc42)C2CCCCN2CC3)cc1. The van der Waals surface area contributed by atoms with Crippen molar-refractivity contribution in [3.63, 3.8) is 0 Å². The van der Waals surface area contributed by atoms with Gasteiger partial charge in [-0.3, -0.25) is 4.90 Å². The van der Waals surface area contributed by atoms with Crippen LogP contribution in [0, 0.1) is 6.92 Å². The standard InChI is InChI=1S/C23H28N4O/c1-16-15-24-23-22(25-16)21-19-5-3-4-12-26(19)13-11-20(21)27(23)14-10-17-6-8-18(28-2)9-7-17/h6-9,15,19H,3-5,10-14H2,1-2H3. The molecule has 1 saturated heterocycles. The predicted octanol–water partition coefficient (Wildman–Crippen LogP) is 4.07. The topological polar surface area (TPSA) is 43.2 Å². The van der Waals surface area contributed by atoms with E-state index < -0.39 is 0 Å². The van der Waals surface area contributed by atoms with Crippen molar-refractivity contribution in [3.05, 3.63) is 53.0 Å². The van der Waals surface area contributed by atoms with Crippen molar-refractivity contribution in [1.29, 1.82) is 0 Å². The van der Waals surface area contributed by atoms with Gasteiger partial charge in [-0.15, -0.1) is 0 Å². The molecule has 5 nitrogen and oxygen atoms in total. The molecule has 28 heavy (non-hydrogen) atoms. The number of methoxy groups -OCH3 is 1. The number of aromatic nitrogens is 3. The Morgan fingerprint density at radius 1 is 1.14 bits per heavy atom. The first kappa shape index (κ1) is 17.7. The molecule has 0 N–H and O–H groups in total. The van der Waals surface area contributed by atoms with Gasteiger partial charge >= 0.3 is 0 Å². The van der Waals surface area contributed by atoms with Crippen molar-refractivity contribution >= 4 is 11.2 Å². The first-order valence-corrected chi connectivity index (χ1v) is 10.5. The van der Waals surface area contributed by atoms with E-state index in [9.17, 15) is 0 Å². The van der Waals surface area contributed by atoms with E-state index >= 15 is 0 Å². The Morgan fingerprint density at radius 2 is 2.00 bits per heavy atom. The number of benzene rings is 1. The first-order chi connectivity index (χ1) is 13.7. The molecule has 3 aromatic rings. The van der Waals surface area contributed by atoms with Gasteiger partial charge in [-0.05, 0) is 50.4 Å². The number of nitrogens with zero attached hydrogens (tertiary/aromatic N) is 4. The van der Waals surface area contributed by atoms with Crippen molar-refractivity contribution in [2.45, 2.75) is 51.6 Å². The summed E-state index contributed by atoms with van der Waals surface area (Å²) in [5, 5.41) is 0. The molecule has 0 aliphatic carbocycles. The quantitative estimate of drug-likeness (QED) is 0.688. The molecule has 2 aliphatic heterocycles. The lowest BCUT2D eigenvalue weighted by Gasteiger charge is -2.39. The van der Waals surface area contributed by atoms with Crippen molar-refractivity contribution in [2.24, 2.45) is 0 Å². The Labute approximate surface area is 166 Å². The molecule has 0 amide bonds. The molecule has 1 atom stereocenters. The lowest BCUT2D eigenvalue weighted by molar-refractivity contribution is 0.138. The van der Waals surface area contributed by atoms with Crippen LogP contribution >= 0.6 is 0 Å². The summed E-state index contributed by atoms with van der Waals surface area (Å²) in [4.78, 5) is 12.4. The molecule has 5 heteroatoms. The maximum atomic E-state index is 5.28. The third-order valence-electron chi connectivity index (χ3n) is 6.39. The van der Waals surface area contributed by atoms with Crippen LogP contribution in [0.3, 0.4) is 0 Å². The Morgan fingerprint density at radius 3 is 2.82 bits per heavy atom. The van der Waals surface area contributed by atoms with E-state index in [2.05, 4.69) is 28.5 Å². The van der Waals surface area contributed by atoms with Gasteiger partial charge in [0.1, 0.15) is 11.3 Å². The van der Waals surface area contributed by atoms with Crippen LogP contribution in [0.4, 0.5) is 0 Å². The summed E-state index contributed by atoms with van der Waals surface area (Å²) in [6.45, 7) is 5.38. The highest BCUT2D eigenvalue weighted by Crippen LogP contribution is 2.41. The summed E-state index contributed by atoms with van der Waals surface area (Å²) in [6.07, 6.45) is 7.90. The van der Waals surface area contributed by atoms with Crippen molar-refractivity contribution < 1.29 is 4.74 Å². The van der Waals surface area contributed by atoms with Gasteiger partial charge in [0.2, 0.25) is 0 Å². The Bertz CT molecular complexity index is 992. The molecule has 146 valence electrons. The average Bonchev–Trinajstić information content (AvgIpc) is 3.05. The van der Waals surface area contributed by atoms with Gasteiger partial charge in [-0.2, -0.15) is 0 Å². The third-order valence-corrected chi connectivity index (χ3v) is 6.39. The highest BCUT2D eigenvalue weighted by atomic mass is 16.5. The van der Waals surface area contributed by atoms with E-state index in [4.69, 9.17) is 14.7 Å². The molecule has 5 rings (SSSR count). The lowest BCUT2D eigenvalue weighted by Crippen LogP contribution is -2.39. The monoisotopic (exact) mass is 376 g/mol. The van der Waals surface area contributed by atoms with Gasteiger partial charge in [0, 0.05) is 36.8 Å². The maximum absolute atomic E-state index is 5.28. The van der Waals surface area contributed by atoms with E-state index in [-0.39, 0.29) is 0 Å². The van der Waals surface area contributed by atoms with Crippen molar-refractivity contribution in [3.8, 4) is 5.75 Å². The minimum Gasteiger partial charge on any atom is -0.497 e. The van der Waals surface area contributed by atoms with Gasteiger partial charge in [0.15, 0.2) is 5.65 Å². The van der Waals surface area contributed by atoms with Crippen LogP contribution in [0.2, 0.25) is 0 Å². The first-order valence-electron chi connectivity index (χ1n) is 10.5. The third kappa shape index (κ3) is 2.98. The zero-order valence-electron chi connectivity index (χ0n) is 16.8. The molecular weight excluding hydrogens is 348 g/mol. The van der Waals surface area contributed by atoms with Crippen LogP contribution in [-0.4, -0.2) is 39.6 Å². The largest absolute Gasteiger partial charge is 0.497 e. The van der Waals surface area contributed by atoms with E-state index in [0.717, 1.165) is 48.5 Å². The summed E-state index contributed by atoms with van der Waals surface area (Å²) in [7, 11) is 1.71. The number of hydrogen-bond donors (Lipinski definition) is 0. The molecule has 0 radical (unpaired) electrons. The van der Waals surface area contributed by atoms with Crippen LogP contribution in [0.15, 0.2) is 30.5 Å². The smallest absolute Gasteiger partial charge is 0.159 e. The van der Waals surface area contributed by atoms with Crippen LogP contribution in [0.5, 0.6) is 5.75 Å². The van der Waals surface area contributed by atoms with Crippen LogP contribution in [0.25, 0.3) is 11.2 Å². The molecule has 1 unspecified atom stereocenters. The normalized spacial score (nSPS) is 19.4. The summed E-state index contributed by atoms with van der Waals surface area (Å²) < 4.78 is 7.74. The van der Waals surface area contributed by atoms with E-state index in [1.54, 1.807) is 7.11 Å². The van der Waals surface area contributed by atoms with Crippen LogP contribution in [-0.2, 0) is 19.4 Å². The summed E-state index contributed by atoms with van der Waals surface area (Å²) in [5.41, 5.74) is 7.48. The second-order valence-electron chi connectivity index (χ2n) is 8.09. The number of fused-ring (bicyclic) bond motifs is 5. The summed E-state index contributed by atoms with van der Waals surface area (Å²) >= 11 is 0. The number of rotatable bonds is 4. The molecule has 2 aromatic heterocycles. The zero-order chi connectivity index (χ0) is 19.1. The summed E-state index contributed by atoms with van der Waals surface area (Å²) in [5.74, 6) is 0.909. The molecular formula is C23H28N4O. The fourth-order valence-corrected chi connectivity index (χ4v) is 4.99. The molecule has 0 bridgehead atoms. The van der Waals surface area contributed by atoms with Crippen molar-refractivity contribution in [2.75, 3.05) is 20.2 Å². The Hall–Kier alpha value is -2.40. The van der Waals surface area contributed by atoms with Gasteiger partial charge in [0.25, 0.3) is 0 Å². The lowest BCUT2D eigenvalue weighted by atomic mass is 9.90. The van der Waals surface area contributed by atoms with Gasteiger partial charge < -0.3 is 9.30 Å². The highest BCUT2D eigenvalue weighted by Gasteiger charge is 2.34. The fraction of sp³-hybridized carbons (Fsp3) is 0.478. The minimum absolute atomic E-state index is 0.526. The van der Waals surface area contributed by atoms with E-state index in [1.165, 1.54) is 42.6 Å². The molecule has 2 aliphatic rings. The Kier molecular flexibility index (Phi) is 4.55. The summed E-state index contributed by atoms with van der Waals surface area (Å²) in [6, 6.07) is 8.94. The van der Waals surface area contributed by atoms with Gasteiger partial charge in [-0.25, -0.2) is 9.97 Å². The fourth-order valence-electron chi connectivity index (χ4n) is 4.99. The van der Waals surface area contributed by atoms with Crippen molar-refractivity contribution in [1.82, 2.24) is 19.4 Å². The zero-order valence-corrected chi connectivity index (χ0v) is 16.8. The molecule has 0 spiro atoms. The second-order valence-corrected chi connectivity index (χ2v) is 8.09. The highest BCUT2D eigenvalue weighted by molar-refractivity contribution is 5.79. The molecule has 4 heterocycles. The number of ether oxygens (including phenoxy) is 1. The van der Waals surface area contributed by atoms with Crippen LogP contribution in [0.1, 0.15) is 47.8 Å². The van der Waals surface area contributed by atoms with Gasteiger partial charge in [0.05, 0.1) is 19.0 Å². The molecule has 0 saturated carbocycles. The van der Waals surface area contributed by atoms with E-state index in [1.807, 2.05) is 18.3 Å². The maximum Gasteiger partial charge on any atom is 0.159 e. The molecule has 1 fully saturated rings. The van der Waals surface area contributed by atoms with E-state index in [0.29, 0.717) is 6.04 Å². The molecule has 1 aromatic carbocycles. The minimum atomic E-state index is 0.526. The van der Waals surface area contributed by atoms with Gasteiger partial charge in [-0.1, -0.05) is 18.6 Å². The Balaban J connectivity index is 1.53. The second kappa shape index (κ2) is 7.21. The number of piperidine rings is 1. The number of hydrogen-bond acceptors (Lipinski definition) is 4. The van der Waals surface area contributed by atoms with Crippen LogP contribution < -0.4 is 4.74 Å².